The Bertz CT molecular complexity index is 484. The van der Waals surface area contributed by atoms with Gasteiger partial charge in [0.15, 0.2) is 0 Å². The molecule has 0 aliphatic carbocycles. The third-order valence-corrected chi connectivity index (χ3v) is 3.87. The van der Waals surface area contributed by atoms with Crippen LogP contribution in [-0.4, -0.2) is 54.1 Å². The second kappa shape index (κ2) is 8.54. The number of hydrogen-bond acceptors (Lipinski definition) is 4. The minimum Gasteiger partial charge on any atom is -0.444 e. The molecule has 1 fully saturated rings. The minimum atomic E-state index is -0.516. The zero-order valence-electron chi connectivity index (χ0n) is 16.4. The van der Waals surface area contributed by atoms with E-state index in [1.807, 2.05) is 41.5 Å². The van der Waals surface area contributed by atoms with Crippen LogP contribution in [0.15, 0.2) is 0 Å². The lowest BCUT2D eigenvalue weighted by molar-refractivity contribution is -0.132. The largest absolute Gasteiger partial charge is 0.444 e. The fourth-order valence-corrected chi connectivity index (χ4v) is 2.45. The molecule has 0 aromatic heterocycles. The molecule has 0 saturated carbocycles. The smallest absolute Gasteiger partial charge is 0.407 e. The number of nitrogens with zero attached hydrogens (tertiary/aromatic N) is 1. The summed E-state index contributed by atoms with van der Waals surface area (Å²) in [5.41, 5.74) is -0.965. The normalized spacial score (nSPS) is 16.3. The zero-order valence-corrected chi connectivity index (χ0v) is 16.4. The molecule has 0 atom stereocenters. The molecule has 3 amide bonds. The lowest BCUT2D eigenvalue weighted by Gasteiger charge is -2.33. The first-order valence-corrected chi connectivity index (χ1v) is 8.94. The van der Waals surface area contributed by atoms with Crippen molar-refractivity contribution in [2.75, 3.05) is 19.6 Å². The summed E-state index contributed by atoms with van der Waals surface area (Å²) in [6.45, 7) is 12.6. The molecule has 1 heterocycles. The summed E-state index contributed by atoms with van der Waals surface area (Å²) in [6.07, 6.45) is 1.30. The van der Waals surface area contributed by atoms with E-state index in [4.69, 9.17) is 4.74 Å². The van der Waals surface area contributed by atoms with Gasteiger partial charge in [-0.1, -0.05) is 20.8 Å². The zero-order chi connectivity index (χ0) is 19.3. The molecular weight excluding hydrogens is 322 g/mol. The highest BCUT2D eigenvalue weighted by atomic mass is 16.6. The molecule has 0 spiro atoms. The van der Waals surface area contributed by atoms with E-state index in [1.165, 1.54) is 0 Å². The number of amides is 3. The standard InChI is InChI=1S/C18H33N3O4/c1-17(2,3)15(23)19-10-7-14(22)21-11-8-13(9-12-21)20-16(24)25-18(4,5)6/h13H,7-12H2,1-6H3,(H,19,23)(H,20,24). The van der Waals surface area contributed by atoms with Crippen LogP contribution in [0.5, 0.6) is 0 Å². The lowest BCUT2D eigenvalue weighted by atomic mass is 9.96. The number of likely N-dealkylation sites (tertiary alicyclic amines) is 1. The number of ether oxygens (including phenoxy) is 1. The van der Waals surface area contributed by atoms with Gasteiger partial charge < -0.3 is 20.3 Å². The van der Waals surface area contributed by atoms with Crippen LogP contribution < -0.4 is 10.6 Å². The molecule has 25 heavy (non-hydrogen) atoms. The van der Waals surface area contributed by atoms with E-state index in [9.17, 15) is 14.4 Å². The maximum atomic E-state index is 12.2. The number of alkyl carbamates (subject to hydrolysis) is 1. The van der Waals surface area contributed by atoms with Crippen LogP contribution in [0.25, 0.3) is 0 Å². The Morgan fingerprint density at radius 3 is 2.08 bits per heavy atom. The Morgan fingerprint density at radius 2 is 1.60 bits per heavy atom. The van der Waals surface area contributed by atoms with Gasteiger partial charge in [0.05, 0.1) is 0 Å². The fraction of sp³-hybridized carbons (Fsp3) is 0.833. The molecule has 1 saturated heterocycles. The second-order valence-electron chi connectivity index (χ2n) is 8.56. The van der Waals surface area contributed by atoms with Gasteiger partial charge in [0.1, 0.15) is 5.60 Å². The number of hydrogen-bond donors (Lipinski definition) is 2. The van der Waals surface area contributed by atoms with E-state index in [-0.39, 0.29) is 17.9 Å². The average molecular weight is 355 g/mol. The number of piperidine rings is 1. The maximum Gasteiger partial charge on any atom is 0.407 e. The van der Waals surface area contributed by atoms with E-state index in [0.717, 1.165) is 0 Å². The summed E-state index contributed by atoms with van der Waals surface area (Å²) < 4.78 is 5.25. The van der Waals surface area contributed by atoms with Gasteiger partial charge >= 0.3 is 6.09 Å². The first-order valence-electron chi connectivity index (χ1n) is 8.94. The molecule has 1 aliphatic rings. The van der Waals surface area contributed by atoms with Crippen LogP contribution in [0.3, 0.4) is 0 Å². The molecule has 7 heteroatoms. The predicted octanol–water partition coefficient (Wildman–Crippen LogP) is 2.05. The van der Waals surface area contributed by atoms with E-state index < -0.39 is 17.1 Å². The van der Waals surface area contributed by atoms with Gasteiger partial charge in [-0.3, -0.25) is 9.59 Å². The van der Waals surface area contributed by atoms with E-state index >= 15 is 0 Å². The summed E-state index contributed by atoms with van der Waals surface area (Å²) in [4.78, 5) is 37.5. The van der Waals surface area contributed by atoms with Gasteiger partial charge in [-0.25, -0.2) is 4.79 Å². The van der Waals surface area contributed by atoms with Crippen molar-refractivity contribution in [1.29, 1.82) is 0 Å². The van der Waals surface area contributed by atoms with Crippen molar-refractivity contribution >= 4 is 17.9 Å². The summed E-state index contributed by atoms with van der Waals surface area (Å²) in [7, 11) is 0. The van der Waals surface area contributed by atoms with Crippen molar-refractivity contribution in [2.45, 2.75) is 72.4 Å². The predicted molar refractivity (Wildman–Crippen MR) is 96.1 cm³/mol. The van der Waals surface area contributed by atoms with Crippen LogP contribution >= 0.6 is 0 Å². The first kappa shape index (κ1) is 21.3. The Labute approximate surface area is 150 Å². The van der Waals surface area contributed by atoms with Gasteiger partial charge in [-0.05, 0) is 33.6 Å². The molecule has 2 N–H and O–H groups in total. The number of carbonyl (C=O) groups excluding carboxylic acids is 3. The van der Waals surface area contributed by atoms with Crippen LogP contribution in [0.2, 0.25) is 0 Å². The SMILES string of the molecule is CC(C)(C)OC(=O)NC1CCN(C(=O)CCNC(=O)C(C)(C)C)CC1. The average Bonchev–Trinajstić information content (AvgIpc) is 2.44. The molecule has 0 unspecified atom stereocenters. The topological polar surface area (TPSA) is 87.7 Å². The molecule has 7 nitrogen and oxygen atoms in total. The minimum absolute atomic E-state index is 0.0273. The van der Waals surface area contributed by atoms with Crippen LogP contribution in [-0.2, 0) is 14.3 Å². The van der Waals surface area contributed by atoms with E-state index in [2.05, 4.69) is 10.6 Å². The lowest BCUT2D eigenvalue weighted by Crippen LogP contribution is -2.48. The van der Waals surface area contributed by atoms with Crippen molar-refractivity contribution in [2.24, 2.45) is 5.41 Å². The molecule has 0 aromatic carbocycles. The molecule has 0 bridgehead atoms. The summed E-state index contributed by atoms with van der Waals surface area (Å²) in [6, 6.07) is 0.0273. The molecule has 1 aliphatic heterocycles. The number of carbonyl (C=O) groups is 3. The number of nitrogens with one attached hydrogen (secondary N) is 2. The molecule has 144 valence electrons. The number of rotatable bonds is 4. The van der Waals surface area contributed by atoms with Gasteiger partial charge in [-0.15, -0.1) is 0 Å². The summed E-state index contributed by atoms with van der Waals surface area (Å²) in [5, 5.41) is 5.64. The maximum absolute atomic E-state index is 12.2. The Balaban J connectivity index is 2.28. The van der Waals surface area contributed by atoms with Crippen molar-refractivity contribution in [3.63, 3.8) is 0 Å². The third-order valence-electron chi connectivity index (χ3n) is 3.87. The molecule has 0 aromatic rings. The Hall–Kier alpha value is -1.79. The van der Waals surface area contributed by atoms with Crippen LogP contribution in [0.1, 0.15) is 60.8 Å². The van der Waals surface area contributed by atoms with Gasteiger partial charge in [0, 0.05) is 37.5 Å². The van der Waals surface area contributed by atoms with E-state index in [1.54, 1.807) is 4.90 Å². The molecule has 1 rings (SSSR count). The van der Waals surface area contributed by atoms with Gasteiger partial charge in [-0.2, -0.15) is 0 Å². The van der Waals surface area contributed by atoms with Gasteiger partial charge in [0.25, 0.3) is 0 Å². The van der Waals surface area contributed by atoms with Crippen LogP contribution in [0.4, 0.5) is 4.79 Å². The fourth-order valence-electron chi connectivity index (χ4n) is 2.45. The second-order valence-corrected chi connectivity index (χ2v) is 8.56. The van der Waals surface area contributed by atoms with Gasteiger partial charge in [0.2, 0.25) is 11.8 Å². The van der Waals surface area contributed by atoms with Crippen molar-refractivity contribution in [3.8, 4) is 0 Å². The Morgan fingerprint density at radius 1 is 1.04 bits per heavy atom. The van der Waals surface area contributed by atoms with Crippen molar-refractivity contribution in [3.05, 3.63) is 0 Å². The first-order chi connectivity index (χ1) is 11.4. The van der Waals surface area contributed by atoms with Crippen molar-refractivity contribution < 1.29 is 19.1 Å². The van der Waals surface area contributed by atoms with Crippen LogP contribution in [0, 0.1) is 5.41 Å². The summed E-state index contributed by atoms with van der Waals surface area (Å²) in [5.74, 6) is -0.0227. The summed E-state index contributed by atoms with van der Waals surface area (Å²) >= 11 is 0. The Kier molecular flexibility index (Phi) is 7.26. The molecule has 0 radical (unpaired) electrons. The van der Waals surface area contributed by atoms with E-state index in [0.29, 0.717) is 38.9 Å². The monoisotopic (exact) mass is 355 g/mol. The highest BCUT2D eigenvalue weighted by Crippen LogP contribution is 2.14. The quantitative estimate of drug-likeness (QED) is 0.808. The van der Waals surface area contributed by atoms with Crippen molar-refractivity contribution in [1.82, 2.24) is 15.5 Å². The third kappa shape index (κ3) is 8.23. The highest BCUT2D eigenvalue weighted by Gasteiger charge is 2.26. The molecular formula is C18H33N3O4. The highest BCUT2D eigenvalue weighted by molar-refractivity contribution is 5.82.